The third-order valence-electron chi connectivity index (χ3n) is 5.48. The predicted octanol–water partition coefficient (Wildman–Crippen LogP) is 3.06. The van der Waals surface area contributed by atoms with Gasteiger partial charge in [-0.15, -0.1) is 0 Å². The molecule has 8 nitrogen and oxygen atoms in total. The van der Waals surface area contributed by atoms with Gasteiger partial charge in [0.05, 0.1) is 0 Å². The Balaban J connectivity index is 1.50. The summed E-state index contributed by atoms with van der Waals surface area (Å²) in [7, 11) is 0. The second-order valence-corrected chi connectivity index (χ2v) is 9.04. The molecule has 1 N–H and O–H groups in total. The van der Waals surface area contributed by atoms with Gasteiger partial charge in [0.1, 0.15) is 11.6 Å². The molecule has 3 heterocycles. The van der Waals surface area contributed by atoms with Crippen LogP contribution in [0.2, 0.25) is 0 Å². The van der Waals surface area contributed by atoms with E-state index in [4.69, 9.17) is 4.74 Å². The fourth-order valence-corrected chi connectivity index (χ4v) is 4.23. The molecule has 2 amide bonds. The minimum Gasteiger partial charge on any atom is -0.444 e. The highest BCUT2D eigenvalue weighted by molar-refractivity contribution is 5.90. The third kappa shape index (κ3) is 4.78. The summed E-state index contributed by atoms with van der Waals surface area (Å²) in [4.78, 5) is 38.4. The van der Waals surface area contributed by atoms with Crippen molar-refractivity contribution in [2.45, 2.75) is 57.7 Å². The molecule has 164 valence electrons. The molecule has 2 aliphatic rings. The number of nitrogens with zero attached hydrogens (tertiary/aromatic N) is 4. The van der Waals surface area contributed by atoms with Gasteiger partial charge in [0.25, 0.3) is 0 Å². The topological polar surface area (TPSA) is 87.7 Å². The average molecular weight is 424 g/mol. The van der Waals surface area contributed by atoms with Crippen LogP contribution in [-0.2, 0) is 16.0 Å². The van der Waals surface area contributed by atoms with E-state index in [1.54, 1.807) is 18.5 Å². The SMILES string of the molecule is CC(C)(C)OC(=O)NC1CCCN(C(=O)C2Cc3ccccc3N2c2ncccn2)C1. The fourth-order valence-electron chi connectivity index (χ4n) is 4.23. The molecule has 1 aromatic heterocycles. The average Bonchev–Trinajstić information content (AvgIpc) is 3.12. The van der Waals surface area contributed by atoms with Crippen LogP contribution in [0.5, 0.6) is 0 Å². The van der Waals surface area contributed by atoms with E-state index in [0.29, 0.717) is 25.5 Å². The molecule has 2 unspecified atom stereocenters. The number of carbonyl (C=O) groups excluding carboxylic acids is 2. The quantitative estimate of drug-likeness (QED) is 0.816. The van der Waals surface area contributed by atoms with Crippen molar-refractivity contribution in [3.05, 3.63) is 48.3 Å². The Kier molecular flexibility index (Phi) is 5.80. The molecule has 8 heteroatoms. The number of nitrogens with one attached hydrogen (secondary N) is 1. The number of piperidine rings is 1. The first-order valence-corrected chi connectivity index (χ1v) is 10.7. The zero-order valence-corrected chi connectivity index (χ0v) is 18.2. The number of fused-ring (bicyclic) bond motifs is 1. The van der Waals surface area contributed by atoms with Gasteiger partial charge in [0.2, 0.25) is 11.9 Å². The van der Waals surface area contributed by atoms with Crippen molar-refractivity contribution < 1.29 is 14.3 Å². The lowest BCUT2D eigenvalue weighted by atomic mass is 10.0. The predicted molar refractivity (Wildman–Crippen MR) is 117 cm³/mol. The molecule has 2 aliphatic heterocycles. The van der Waals surface area contributed by atoms with E-state index < -0.39 is 17.7 Å². The molecule has 31 heavy (non-hydrogen) atoms. The maximum absolute atomic E-state index is 13.6. The van der Waals surface area contributed by atoms with E-state index in [1.807, 2.05) is 54.8 Å². The molecule has 1 fully saturated rings. The molecule has 2 aromatic rings. The van der Waals surface area contributed by atoms with E-state index in [-0.39, 0.29) is 11.9 Å². The molecular formula is C23H29N5O3. The third-order valence-corrected chi connectivity index (χ3v) is 5.48. The van der Waals surface area contributed by atoms with E-state index in [2.05, 4.69) is 15.3 Å². The summed E-state index contributed by atoms with van der Waals surface area (Å²) in [6.45, 7) is 6.64. The number of para-hydroxylation sites is 1. The summed E-state index contributed by atoms with van der Waals surface area (Å²) in [6, 6.07) is 9.22. The minimum atomic E-state index is -0.555. The van der Waals surface area contributed by atoms with Gasteiger partial charge in [0, 0.05) is 43.6 Å². The van der Waals surface area contributed by atoms with Crippen LogP contribution in [0.15, 0.2) is 42.7 Å². The number of likely N-dealkylation sites (tertiary alicyclic amines) is 1. The van der Waals surface area contributed by atoms with Crippen molar-refractivity contribution in [1.29, 1.82) is 0 Å². The van der Waals surface area contributed by atoms with Gasteiger partial charge >= 0.3 is 6.09 Å². The minimum absolute atomic E-state index is 0.0272. The normalized spacial score (nSPS) is 20.9. The summed E-state index contributed by atoms with van der Waals surface area (Å²) in [5.74, 6) is 0.547. The van der Waals surface area contributed by atoms with E-state index in [1.165, 1.54) is 0 Å². The van der Waals surface area contributed by atoms with Gasteiger partial charge in [-0.2, -0.15) is 0 Å². The Hall–Kier alpha value is -3.16. The Bertz CT molecular complexity index is 944. The van der Waals surface area contributed by atoms with Crippen molar-refractivity contribution >= 4 is 23.6 Å². The largest absolute Gasteiger partial charge is 0.444 e. The number of alkyl carbamates (subject to hydrolysis) is 1. The van der Waals surface area contributed by atoms with Crippen LogP contribution in [0.3, 0.4) is 0 Å². The number of ether oxygens (including phenoxy) is 1. The maximum atomic E-state index is 13.6. The molecule has 0 aliphatic carbocycles. The fraction of sp³-hybridized carbons (Fsp3) is 0.478. The summed E-state index contributed by atoms with van der Waals surface area (Å²) in [5, 5.41) is 2.92. The Morgan fingerprint density at radius 1 is 1.13 bits per heavy atom. The number of hydrogen-bond donors (Lipinski definition) is 1. The van der Waals surface area contributed by atoms with Gasteiger partial charge in [-0.1, -0.05) is 18.2 Å². The molecule has 0 radical (unpaired) electrons. The molecule has 4 rings (SSSR count). The molecule has 2 atom stereocenters. The van der Waals surface area contributed by atoms with Crippen LogP contribution in [0.25, 0.3) is 0 Å². The number of benzene rings is 1. The van der Waals surface area contributed by atoms with Crippen molar-refractivity contribution in [2.24, 2.45) is 0 Å². The summed E-state index contributed by atoms with van der Waals surface area (Å²) >= 11 is 0. The highest BCUT2D eigenvalue weighted by atomic mass is 16.6. The number of carbonyl (C=O) groups is 2. The molecule has 1 aromatic carbocycles. The van der Waals surface area contributed by atoms with Crippen molar-refractivity contribution in [3.8, 4) is 0 Å². The first-order chi connectivity index (χ1) is 14.8. The monoisotopic (exact) mass is 423 g/mol. The van der Waals surface area contributed by atoms with Gasteiger partial charge in [-0.05, 0) is 51.3 Å². The van der Waals surface area contributed by atoms with Crippen LogP contribution < -0.4 is 10.2 Å². The first-order valence-electron chi connectivity index (χ1n) is 10.7. The molecular weight excluding hydrogens is 394 g/mol. The lowest BCUT2D eigenvalue weighted by molar-refractivity contribution is -0.133. The summed E-state index contributed by atoms with van der Waals surface area (Å²) in [5.41, 5.74) is 1.52. The molecule has 0 bridgehead atoms. The van der Waals surface area contributed by atoms with Crippen molar-refractivity contribution in [1.82, 2.24) is 20.2 Å². The number of hydrogen-bond acceptors (Lipinski definition) is 6. The second kappa shape index (κ2) is 8.53. The van der Waals surface area contributed by atoms with Crippen LogP contribution >= 0.6 is 0 Å². The van der Waals surface area contributed by atoms with E-state index in [0.717, 1.165) is 24.1 Å². The molecule has 1 saturated heterocycles. The van der Waals surface area contributed by atoms with E-state index in [9.17, 15) is 9.59 Å². The van der Waals surface area contributed by atoms with Crippen LogP contribution in [-0.4, -0.2) is 57.6 Å². The molecule has 0 saturated carbocycles. The van der Waals surface area contributed by atoms with Gasteiger partial charge in [-0.25, -0.2) is 14.8 Å². The Labute approximate surface area is 182 Å². The van der Waals surface area contributed by atoms with E-state index >= 15 is 0 Å². The summed E-state index contributed by atoms with van der Waals surface area (Å²) in [6.07, 6.45) is 5.18. The van der Waals surface area contributed by atoms with Gasteiger partial charge in [-0.3, -0.25) is 9.69 Å². The number of amides is 2. The van der Waals surface area contributed by atoms with Crippen LogP contribution in [0, 0.1) is 0 Å². The maximum Gasteiger partial charge on any atom is 0.407 e. The number of aromatic nitrogens is 2. The lowest BCUT2D eigenvalue weighted by Crippen LogP contribution is -2.54. The van der Waals surface area contributed by atoms with Crippen LogP contribution in [0.1, 0.15) is 39.2 Å². The van der Waals surface area contributed by atoms with Gasteiger partial charge in [0.15, 0.2) is 0 Å². The lowest BCUT2D eigenvalue weighted by Gasteiger charge is -2.36. The van der Waals surface area contributed by atoms with Gasteiger partial charge < -0.3 is 15.0 Å². The number of rotatable bonds is 3. The molecule has 0 spiro atoms. The zero-order valence-electron chi connectivity index (χ0n) is 18.2. The second-order valence-electron chi connectivity index (χ2n) is 9.04. The highest BCUT2D eigenvalue weighted by Gasteiger charge is 2.40. The summed E-state index contributed by atoms with van der Waals surface area (Å²) < 4.78 is 5.37. The standard InChI is InChI=1S/C23H29N5O3/c1-23(2,3)31-22(30)26-17-9-6-13-27(15-17)20(29)19-14-16-8-4-5-10-18(16)28(19)21-24-11-7-12-25-21/h4-5,7-8,10-12,17,19H,6,9,13-15H2,1-3H3,(H,26,30). The highest BCUT2D eigenvalue weighted by Crippen LogP contribution is 2.37. The zero-order chi connectivity index (χ0) is 22.0. The Morgan fingerprint density at radius 2 is 1.87 bits per heavy atom. The Morgan fingerprint density at radius 3 is 2.61 bits per heavy atom. The number of anilines is 2. The first kappa shape index (κ1) is 21.1. The van der Waals surface area contributed by atoms with Crippen molar-refractivity contribution in [3.63, 3.8) is 0 Å². The van der Waals surface area contributed by atoms with Crippen LogP contribution in [0.4, 0.5) is 16.4 Å². The van der Waals surface area contributed by atoms with Crippen molar-refractivity contribution in [2.75, 3.05) is 18.0 Å². The smallest absolute Gasteiger partial charge is 0.407 e.